The van der Waals surface area contributed by atoms with Crippen molar-refractivity contribution in [3.8, 4) is 6.07 Å². The molecule has 0 aliphatic heterocycles. The number of anilines is 1. The van der Waals surface area contributed by atoms with Crippen LogP contribution in [0.25, 0.3) is 5.65 Å². The lowest BCUT2D eigenvalue weighted by Gasteiger charge is -2.22. The Labute approximate surface area is 98.6 Å². The normalized spacial score (nSPS) is 12.3. The van der Waals surface area contributed by atoms with E-state index in [9.17, 15) is 0 Å². The summed E-state index contributed by atoms with van der Waals surface area (Å²) < 4.78 is 1.38. The van der Waals surface area contributed by atoms with Crippen molar-refractivity contribution < 1.29 is 0 Å². The van der Waals surface area contributed by atoms with Crippen LogP contribution in [0.15, 0.2) is 12.1 Å². The largest absolute Gasteiger partial charge is 0.354 e. The maximum atomic E-state index is 8.83. The third-order valence-electron chi connectivity index (χ3n) is 2.48. The van der Waals surface area contributed by atoms with Gasteiger partial charge in [0.25, 0.3) is 0 Å². The topological polar surface area (TPSA) is 83.0 Å². The Morgan fingerprint density at radius 1 is 1.53 bits per heavy atom. The van der Waals surface area contributed by atoms with Crippen LogP contribution in [0.3, 0.4) is 0 Å². The van der Waals surface area contributed by atoms with E-state index in [4.69, 9.17) is 5.26 Å². The van der Waals surface area contributed by atoms with E-state index in [1.807, 2.05) is 30.9 Å². The number of fused-ring (bicyclic) bond motifs is 1. The van der Waals surface area contributed by atoms with Gasteiger partial charge in [0, 0.05) is 13.1 Å². The molecule has 0 bridgehead atoms. The molecule has 1 atom stereocenters. The summed E-state index contributed by atoms with van der Waals surface area (Å²) in [4.78, 5) is 2.02. The van der Waals surface area contributed by atoms with Gasteiger partial charge in [0.05, 0.1) is 12.0 Å². The molecule has 0 amide bonds. The fraction of sp³-hybridized carbons (Fsp3) is 0.500. The van der Waals surface area contributed by atoms with Crippen LogP contribution in [0.2, 0.25) is 0 Å². The molecule has 0 spiro atoms. The summed E-state index contributed by atoms with van der Waals surface area (Å²) in [6, 6.07) is 5.88. The highest BCUT2D eigenvalue weighted by atomic mass is 15.6. The maximum absolute atomic E-state index is 8.83. The lowest BCUT2D eigenvalue weighted by atomic mass is 10.2. The van der Waals surface area contributed by atoms with Crippen LogP contribution < -0.4 is 4.90 Å². The van der Waals surface area contributed by atoms with E-state index >= 15 is 0 Å². The van der Waals surface area contributed by atoms with Crippen molar-refractivity contribution in [1.29, 1.82) is 5.26 Å². The quantitative estimate of drug-likeness (QED) is 0.762. The molecule has 17 heavy (non-hydrogen) atoms. The van der Waals surface area contributed by atoms with Crippen molar-refractivity contribution >= 4 is 11.5 Å². The number of rotatable bonds is 4. The van der Waals surface area contributed by atoms with Gasteiger partial charge < -0.3 is 4.90 Å². The van der Waals surface area contributed by atoms with Crippen molar-refractivity contribution in [3.63, 3.8) is 0 Å². The van der Waals surface area contributed by atoms with Crippen molar-refractivity contribution in [2.24, 2.45) is 5.92 Å². The molecule has 2 rings (SSSR count). The number of aromatic nitrogens is 5. The Hall–Kier alpha value is -2.23. The lowest BCUT2D eigenvalue weighted by molar-refractivity contribution is 0.658. The van der Waals surface area contributed by atoms with Gasteiger partial charge in [0.1, 0.15) is 0 Å². The number of hydrogen-bond acceptors (Lipinski definition) is 6. The van der Waals surface area contributed by atoms with E-state index < -0.39 is 0 Å². The minimum Gasteiger partial charge on any atom is -0.354 e. The smallest absolute Gasteiger partial charge is 0.200 e. The molecule has 1 unspecified atom stereocenters. The molecular formula is C10H13N7. The molecule has 2 aromatic heterocycles. The Morgan fingerprint density at radius 2 is 2.35 bits per heavy atom. The second-order valence-corrected chi connectivity index (χ2v) is 3.79. The van der Waals surface area contributed by atoms with E-state index in [1.54, 1.807) is 0 Å². The van der Waals surface area contributed by atoms with Crippen molar-refractivity contribution in [2.45, 2.75) is 13.8 Å². The molecule has 7 nitrogen and oxygen atoms in total. The van der Waals surface area contributed by atoms with Gasteiger partial charge in [-0.25, -0.2) is 0 Å². The van der Waals surface area contributed by atoms with Crippen LogP contribution in [-0.2, 0) is 0 Å². The second-order valence-electron chi connectivity index (χ2n) is 3.79. The van der Waals surface area contributed by atoms with Crippen molar-refractivity contribution in [2.75, 3.05) is 18.0 Å². The molecular weight excluding hydrogens is 218 g/mol. The molecule has 7 heteroatoms. The van der Waals surface area contributed by atoms with Crippen LogP contribution in [-0.4, -0.2) is 38.3 Å². The summed E-state index contributed by atoms with van der Waals surface area (Å²) in [5.74, 6) is 0.732. The lowest BCUT2D eigenvalue weighted by Crippen LogP contribution is -2.29. The fourth-order valence-corrected chi connectivity index (χ4v) is 1.56. The summed E-state index contributed by atoms with van der Waals surface area (Å²) in [7, 11) is 0. The minimum absolute atomic E-state index is 0.0404. The monoisotopic (exact) mass is 231 g/mol. The summed E-state index contributed by atoms with van der Waals surface area (Å²) in [5, 5.41) is 24.2. The van der Waals surface area contributed by atoms with Gasteiger partial charge in [-0.3, -0.25) is 0 Å². The SMILES string of the molecule is CCN(CC(C)C#N)c1ccc2nnnn2n1. The Kier molecular flexibility index (Phi) is 3.14. The van der Waals surface area contributed by atoms with Crippen molar-refractivity contribution in [3.05, 3.63) is 12.1 Å². The average Bonchev–Trinajstić information content (AvgIpc) is 2.82. The van der Waals surface area contributed by atoms with Crippen LogP contribution >= 0.6 is 0 Å². The van der Waals surface area contributed by atoms with Gasteiger partial charge in [-0.05, 0) is 36.4 Å². The highest BCUT2D eigenvalue weighted by Gasteiger charge is 2.11. The Morgan fingerprint density at radius 3 is 3.06 bits per heavy atom. The van der Waals surface area contributed by atoms with Crippen LogP contribution in [0.4, 0.5) is 5.82 Å². The fourth-order valence-electron chi connectivity index (χ4n) is 1.56. The predicted molar refractivity (Wildman–Crippen MR) is 61.2 cm³/mol. The molecule has 0 radical (unpaired) electrons. The van der Waals surface area contributed by atoms with Gasteiger partial charge in [-0.1, -0.05) is 0 Å². The molecule has 0 aromatic carbocycles. The third kappa shape index (κ3) is 2.30. The van der Waals surface area contributed by atoms with E-state index in [1.165, 1.54) is 4.63 Å². The number of nitriles is 1. The van der Waals surface area contributed by atoms with Gasteiger partial charge in [0.2, 0.25) is 0 Å². The summed E-state index contributed by atoms with van der Waals surface area (Å²) in [6.07, 6.45) is 0. The first-order chi connectivity index (χ1) is 8.24. The van der Waals surface area contributed by atoms with Crippen LogP contribution in [0.1, 0.15) is 13.8 Å². The maximum Gasteiger partial charge on any atom is 0.200 e. The zero-order chi connectivity index (χ0) is 12.3. The van der Waals surface area contributed by atoms with Crippen molar-refractivity contribution in [1.82, 2.24) is 25.3 Å². The minimum atomic E-state index is -0.0404. The van der Waals surface area contributed by atoms with Gasteiger partial charge in [-0.15, -0.1) is 14.8 Å². The van der Waals surface area contributed by atoms with E-state index in [0.717, 1.165) is 12.4 Å². The average molecular weight is 231 g/mol. The first-order valence-electron chi connectivity index (χ1n) is 5.44. The summed E-state index contributed by atoms with van der Waals surface area (Å²) >= 11 is 0. The highest BCUT2D eigenvalue weighted by molar-refractivity contribution is 5.44. The van der Waals surface area contributed by atoms with Gasteiger partial charge in [0.15, 0.2) is 11.5 Å². The van der Waals surface area contributed by atoms with E-state index in [0.29, 0.717) is 12.2 Å². The second kappa shape index (κ2) is 4.74. The van der Waals surface area contributed by atoms with E-state index in [-0.39, 0.29) is 5.92 Å². The first kappa shape index (κ1) is 11.3. The standard InChI is InChI=1S/C10H13N7/c1-3-16(7-8(2)6-11)10-5-4-9-12-14-15-17(9)13-10/h4-5,8H,3,7H2,1-2H3. The zero-order valence-electron chi connectivity index (χ0n) is 9.78. The summed E-state index contributed by atoms with van der Waals surface area (Å²) in [5.41, 5.74) is 0.609. The molecule has 0 saturated carbocycles. The molecule has 0 saturated heterocycles. The van der Waals surface area contributed by atoms with Gasteiger partial charge >= 0.3 is 0 Å². The molecule has 2 aromatic rings. The Bertz CT molecular complexity index is 541. The van der Waals surface area contributed by atoms with Crippen LogP contribution in [0.5, 0.6) is 0 Å². The van der Waals surface area contributed by atoms with E-state index in [2.05, 4.69) is 26.7 Å². The molecule has 0 N–H and O–H groups in total. The zero-order valence-corrected chi connectivity index (χ0v) is 9.78. The van der Waals surface area contributed by atoms with Crippen LogP contribution in [0, 0.1) is 17.2 Å². The predicted octanol–water partition coefficient (Wildman–Crippen LogP) is 0.505. The molecule has 0 aliphatic carbocycles. The number of hydrogen-bond donors (Lipinski definition) is 0. The molecule has 88 valence electrons. The molecule has 0 fully saturated rings. The molecule has 2 heterocycles. The third-order valence-corrected chi connectivity index (χ3v) is 2.48. The number of tetrazole rings is 1. The Balaban J connectivity index is 2.26. The summed E-state index contributed by atoms with van der Waals surface area (Å²) in [6.45, 7) is 5.34. The highest BCUT2D eigenvalue weighted by Crippen LogP contribution is 2.12. The molecule has 0 aliphatic rings. The first-order valence-corrected chi connectivity index (χ1v) is 5.44. The number of nitrogens with zero attached hydrogens (tertiary/aromatic N) is 7. The van der Waals surface area contributed by atoms with Gasteiger partial charge in [-0.2, -0.15) is 5.26 Å².